The minimum absolute atomic E-state index is 0.000813. The van der Waals surface area contributed by atoms with Crippen molar-refractivity contribution < 1.29 is 14.1 Å². The Morgan fingerprint density at radius 1 is 1.26 bits per heavy atom. The van der Waals surface area contributed by atoms with Gasteiger partial charge in [-0.1, -0.05) is 56.1 Å². The molecule has 0 radical (unpaired) electrons. The van der Waals surface area contributed by atoms with Crippen molar-refractivity contribution in [2.24, 2.45) is 5.92 Å². The van der Waals surface area contributed by atoms with E-state index >= 15 is 0 Å². The summed E-state index contributed by atoms with van der Waals surface area (Å²) in [6.45, 7) is 4.13. The number of nitrogens with one attached hydrogen (secondary N) is 1. The van der Waals surface area contributed by atoms with E-state index in [2.05, 4.69) is 22.4 Å². The number of urea groups is 1. The highest BCUT2D eigenvalue weighted by molar-refractivity contribution is 6.07. The predicted molar refractivity (Wildman–Crippen MR) is 98.6 cm³/mol. The van der Waals surface area contributed by atoms with E-state index in [1.807, 2.05) is 31.2 Å². The van der Waals surface area contributed by atoms with Crippen LogP contribution in [0, 0.1) is 5.92 Å². The van der Waals surface area contributed by atoms with E-state index in [4.69, 9.17) is 4.52 Å². The molecule has 1 saturated heterocycles. The zero-order valence-corrected chi connectivity index (χ0v) is 15.7. The second-order valence-electron chi connectivity index (χ2n) is 7.50. The lowest BCUT2D eigenvalue weighted by Gasteiger charge is -2.36. The molecule has 2 aromatic rings. The molecule has 2 fully saturated rings. The number of rotatable bonds is 4. The van der Waals surface area contributed by atoms with Crippen molar-refractivity contribution in [3.8, 4) is 11.4 Å². The molecule has 1 saturated carbocycles. The van der Waals surface area contributed by atoms with Crippen LogP contribution >= 0.6 is 0 Å². The standard InChI is InChI=1S/C20H24N4O3/c1-3-14-7-9-15(10-8-14)17-21-16(27-23-17)12-24-18(25)20(22-19(24)26)11-5-4-6-13(20)2/h7-10,13H,3-6,11-12H2,1-2H3,(H,22,26)/t13-,20-/m0/s1. The molecule has 142 valence electrons. The number of aryl methyl sites for hydroxylation is 1. The third-order valence-corrected chi connectivity index (χ3v) is 5.88. The Bertz CT molecular complexity index is 860. The van der Waals surface area contributed by atoms with Crippen LogP contribution < -0.4 is 5.32 Å². The zero-order valence-electron chi connectivity index (χ0n) is 15.7. The summed E-state index contributed by atoms with van der Waals surface area (Å²) in [6.07, 6.45) is 4.63. The highest BCUT2D eigenvalue weighted by Gasteiger charge is 2.55. The van der Waals surface area contributed by atoms with Crippen molar-refractivity contribution in [3.63, 3.8) is 0 Å². The Morgan fingerprint density at radius 2 is 2.04 bits per heavy atom. The number of benzene rings is 1. The maximum absolute atomic E-state index is 13.0. The molecule has 1 aliphatic carbocycles. The molecular weight excluding hydrogens is 344 g/mol. The van der Waals surface area contributed by atoms with Gasteiger partial charge in [0.1, 0.15) is 12.1 Å². The van der Waals surface area contributed by atoms with Crippen LogP contribution in [0.4, 0.5) is 4.79 Å². The fourth-order valence-corrected chi connectivity index (χ4v) is 4.10. The van der Waals surface area contributed by atoms with Crippen LogP contribution in [0.5, 0.6) is 0 Å². The molecule has 7 nitrogen and oxygen atoms in total. The third-order valence-electron chi connectivity index (χ3n) is 5.88. The van der Waals surface area contributed by atoms with Crippen LogP contribution in [0.3, 0.4) is 0 Å². The second-order valence-corrected chi connectivity index (χ2v) is 7.50. The molecule has 0 bridgehead atoms. The summed E-state index contributed by atoms with van der Waals surface area (Å²) in [6, 6.07) is 7.56. The molecule has 1 spiro atoms. The summed E-state index contributed by atoms with van der Waals surface area (Å²) < 4.78 is 5.30. The molecule has 27 heavy (non-hydrogen) atoms. The number of hydrogen-bond donors (Lipinski definition) is 1. The predicted octanol–water partition coefficient (Wildman–Crippen LogP) is 3.30. The van der Waals surface area contributed by atoms with Crippen molar-refractivity contribution in [1.82, 2.24) is 20.4 Å². The van der Waals surface area contributed by atoms with Crippen LogP contribution in [-0.2, 0) is 17.8 Å². The van der Waals surface area contributed by atoms with E-state index < -0.39 is 5.54 Å². The summed E-state index contributed by atoms with van der Waals surface area (Å²) in [5.41, 5.74) is 1.30. The number of aromatic nitrogens is 2. The van der Waals surface area contributed by atoms with Crippen molar-refractivity contribution in [2.75, 3.05) is 0 Å². The number of imide groups is 1. The van der Waals surface area contributed by atoms with Gasteiger partial charge in [-0.05, 0) is 30.7 Å². The van der Waals surface area contributed by atoms with Crippen LogP contribution in [0.2, 0.25) is 0 Å². The molecule has 1 aromatic carbocycles. The molecule has 1 N–H and O–H groups in total. The smallest absolute Gasteiger partial charge is 0.325 e. The number of nitrogens with zero attached hydrogens (tertiary/aromatic N) is 3. The maximum Gasteiger partial charge on any atom is 0.325 e. The summed E-state index contributed by atoms with van der Waals surface area (Å²) in [5.74, 6) is 0.670. The summed E-state index contributed by atoms with van der Waals surface area (Å²) in [7, 11) is 0. The van der Waals surface area contributed by atoms with Crippen LogP contribution in [0.25, 0.3) is 11.4 Å². The molecule has 4 rings (SSSR count). The van der Waals surface area contributed by atoms with Crippen molar-refractivity contribution >= 4 is 11.9 Å². The van der Waals surface area contributed by atoms with Crippen LogP contribution in [-0.4, -0.2) is 32.5 Å². The first-order valence-corrected chi connectivity index (χ1v) is 9.59. The highest BCUT2D eigenvalue weighted by atomic mass is 16.5. The Balaban J connectivity index is 1.52. The maximum atomic E-state index is 13.0. The Labute approximate surface area is 158 Å². The van der Waals surface area contributed by atoms with E-state index in [1.165, 1.54) is 10.5 Å². The first kappa shape index (κ1) is 17.7. The number of hydrogen-bond acceptors (Lipinski definition) is 5. The van der Waals surface area contributed by atoms with Gasteiger partial charge in [-0.25, -0.2) is 4.79 Å². The van der Waals surface area contributed by atoms with Crippen LogP contribution in [0.15, 0.2) is 28.8 Å². The normalized spacial score (nSPS) is 25.3. The number of carbonyl (C=O) groups excluding carboxylic acids is 2. The first-order valence-electron chi connectivity index (χ1n) is 9.59. The quantitative estimate of drug-likeness (QED) is 0.837. The third kappa shape index (κ3) is 3.01. The fraction of sp³-hybridized carbons (Fsp3) is 0.500. The molecule has 2 atom stereocenters. The lowest BCUT2D eigenvalue weighted by molar-refractivity contribution is -0.134. The monoisotopic (exact) mass is 368 g/mol. The SMILES string of the molecule is CCc1ccc(-c2noc(CN3C(=O)N[C@]4(CCCC[C@@H]4C)C3=O)n2)cc1. The van der Waals surface area contributed by atoms with E-state index in [-0.39, 0.29) is 30.3 Å². The van der Waals surface area contributed by atoms with Gasteiger partial charge in [-0.15, -0.1) is 0 Å². The van der Waals surface area contributed by atoms with Gasteiger partial charge in [0, 0.05) is 5.56 Å². The molecule has 0 unspecified atom stereocenters. The topological polar surface area (TPSA) is 88.3 Å². The van der Waals surface area contributed by atoms with Gasteiger partial charge in [0.25, 0.3) is 5.91 Å². The summed E-state index contributed by atoms with van der Waals surface area (Å²) >= 11 is 0. The van der Waals surface area contributed by atoms with E-state index in [0.29, 0.717) is 12.2 Å². The van der Waals surface area contributed by atoms with Gasteiger partial charge < -0.3 is 9.84 Å². The van der Waals surface area contributed by atoms with Gasteiger partial charge in [0.05, 0.1) is 0 Å². The lowest BCUT2D eigenvalue weighted by atomic mass is 9.73. The van der Waals surface area contributed by atoms with E-state index in [0.717, 1.165) is 31.2 Å². The molecule has 2 heterocycles. The summed E-state index contributed by atoms with van der Waals surface area (Å²) in [4.78, 5) is 31.0. The Kier molecular flexibility index (Phi) is 4.45. The van der Waals surface area contributed by atoms with Gasteiger partial charge >= 0.3 is 6.03 Å². The second kappa shape index (κ2) is 6.79. The van der Waals surface area contributed by atoms with E-state index in [9.17, 15) is 9.59 Å². The van der Waals surface area contributed by atoms with Crippen LogP contribution in [0.1, 0.15) is 51.0 Å². The highest BCUT2D eigenvalue weighted by Crippen LogP contribution is 2.38. The van der Waals surface area contributed by atoms with Gasteiger partial charge in [-0.2, -0.15) is 4.98 Å². The zero-order chi connectivity index (χ0) is 19.0. The number of carbonyl (C=O) groups is 2. The fourth-order valence-electron chi connectivity index (χ4n) is 4.10. The lowest BCUT2D eigenvalue weighted by Crippen LogP contribution is -2.53. The molecule has 3 amide bonds. The molecule has 1 aromatic heterocycles. The summed E-state index contributed by atoms with van der Waals surface area (Å²) in [5, 5.41) is 6.94. The Hall–Kier alpha value is -2.70. The average molecular weight is 368 g/mol. The van der Waals surface area contributed by atoms with Crippen molar-refractivity contribution in [3.05, 3.63) is 35.7 Å². The van der Waals surface area contributed by atoms with Gasteiger partial charge in [-0.3, -0.25) is 9.69 Å². The molecule has 7 heteroatoms. The molecule has 1 aliphatic heterocycles. The minimum atomic E-state index is -0.770. The Morgan fingerprint density at radius 3 is 2.74 bits per heavy atom. The van der Waals surface area contributed by atoms with Gasteiger partial charge in [0.15, 0.2) is 0 Å². The number of amides is 3. The average Bonchev–Trinajstić information content (AvgIpc) is 3.24. The van der Waals surface area contributed by atoms with Crippen molar-refractivity contribution in [1.29, 1.82) is 0 Å². The molecule has 2 aliphatic rings. The minimum Gasteiger partial charge on any atom is -0.337 e. The van der Waals surface area contributed by atoms with Crippen molar-refractivity contribution in [2.45, 2.75) is 58.0 Å². The first-order chi connectivity index (χ1) is 13.0. The van der Waals surface area contributed by atoms with Gasteiger partial charge in [0.2, 0.25) is 11.7 Å². The van der Waals surface area contributed by atoms with E-state index in [1.54, 1.807) is 0 Å². The largest absolute Gasteiger partial charge is 0.337 e. The molecular formula is C20H24N4O3.